The van der Waals surface area contributed by atoms with Crippen molar-refractivity contribution >= 4 is 57.9 Å². The predicted octanol–water partition coefficient (Wildman–Crippen LogP) is 5.79. The van der Waals surface area contributed by atoms with Gasteiger partial charge >= 0.3 is 0 Å². The van der Waals surface area contributed by atoms with Gasteiger partial charge in [0.25, 0.3) is 0 Å². The van der Waals surface area contributed by atoms with Crippen LogP contribution in [0.5, 0.6) is 0 Å². The van der Waals surface area contributed by atoms with Crippen LogP contribution < -0.4 is 5.32 Å². The number of ether oxygens (including phenoxy) is 1. The second kappa shape index (κ2) is 10.4. The lowest BCUT2D eigenvalue weighted by Crippen LogP contribution is -2.18. The zero-order valence-corrected chi connectivity index (χ0v) is 20.1. The molecule has 4 rings (SSSR count). The Hall–Kier alpha value is -1.58. The first-order valence-corrected chi connectivity index (χ1v) is 12.7. The van der Waals surface area contributed by atoms with Crippen LogP contribution in [-0.4, -0.2) is 39.1 Å². The fraction of sp³-hybridized carbons (Fsp3) is 0.381. The molecule has 164 valence electrons. The Labute approximate surface area is 199 Å². The summed E-state index contributed by atoms with van der Waals surface area (Å²) in [6, 6.07) is 7.13. The monoisotopic (exact) mass is 496 g/mol. The van der Waals surface area contributed by atoms with Crippen LogP contribution in [0.3, 0.4) is 0 Å². The molecule has 0 aliphatic carbocycles. The first-order valence-electron chi connectivity index (χ1n) is 10.0. The fourth-order valence-corrected chi connectivity index (χ4v) is 5.37. The van der Waals surface area contributed by atoms with E-state index in [4.69, 9.17) is 27.9 Å². The fourth-order valence-electron chi connectivity index (χ4n) is 3.36. The highest BCUT2D eigenvalue weighted by atomic mass is 35.5. The quantitative estimate of drug-likeness (QED) is 0.399. The molecule has 1 aromatic carbocycles. The topological polar surface area (TPSA) is 69.0 Å². The lowest BCUT2D eigenvalue weighted by atomic mass is 10.2. The molecule has 1 atom stereocenters. The molecule has 0 unspecified atom stereocenters. The van der Waals surface area contributed by atoms with Gasteiger partial charge in [-0.3, -0.25) is 9.36 Å². The number of aryl methyl sites for hydroxylation is 1. The highest BCUT2D eigenvalue weighted by Gasteiger charge is 2.23. The Balaban J connectivity index is 1.49. The maximum atomic E-state index is 12.5. The maximum absolute atomic E-state index is 12.5. The molecule has 0 bridgehead atoms. The molecular formula is C21H22Cl2N4O2S2. The van der Waals surface area contributed by atoms with Gasteiger partial charge in [-0.2, -0.15) is 0 Å². The average molecular weight is 497 g/mol. The molecule has 0 spiro atoms. The van der Waals surface area contributed by atoms with Crippen LogP contribution in [0.25, 0.3) is 11.4 Å². The minimum Gasteiger partial charge on any atom is -0.376 e. The highest BCUT2D eigenvalue weighted by molar-refractivity contribution is 7.99. The van der Waals surface area contributed by atoms with Gasteiger partial charge in [-0.05, 0) is 43.5 Å². The number of thioether (sulfide) groups is 1. The summed E-state index contributed by atoms with van der Waals surface area (Å²) in [5, 5.41) is 15.4. The van der Waals surface area contributed by atoms with Crippen molar-refractivity contribution in [1.82, 2.24) is 14.8 Å². The summed E-state index contributed by atoms with van der Waals surface area (Å²) in [4.78, 5) is 13.8. The third kappa shape index (κ3) is 5.62. The molecule has 1 aliphatic heterocycles. The van der Waals surface area contributed by atoms with Crippen LogP contribution in [-0.2, 0) is 22.5 Å². The van der Waals surface area contributed by atoms with Gasteiger partial charge in [-0.25, -0.2) is 0 Å². The number of nitrogens with one attached hydrogen (secondary N) is 1. The van der Waals surface area contributed by atoms with Gasteiger partial charge in [0.05, 0.1) is 29.1 Å². The Morgan fingerprint density at radius 1 is 1.35 bits per heavy atom. The van der Waals surface area contributed by atoms with Crippen molar-refractivity contribution in [3.63, 3.8) is 0 Å². The number of nitrogens with zero attached hydrogens (tertiary/aromatic N) is 3. The maximum Gasteiger partial charge on any atom is 0.234 e. The van der Waals surface area contributed by atoms with Crippen LogP contribution in [0, 0.1) is 0 Å². The number of anilines is 1. The predicted molar refractivity (Wildman–Crippen MR) is 128 cm³/mol. The summed E-state index contributed by atoms with van der Waals surface area (Å²) in [5.74, 6) is 0.827. The van der Waals surface area contributed by atoms with Crippen LogP contribution >= 0.6 is 46.3 Å². The number of hydrogen-bond donors (Lipinski definition) is 1. The van der Waals surface area contributed by atoms with E-state index in [0.717, 1.165) is 37.3 Å². The van der Waals surface area contributed by atoms with Gasteiger partial charge < -0.3 is 10.1 Å². The van der Waals surface area contributed by atoms with Crippen molar-refractivity contribution in [2.75, 3.05) is 17.7 Å². The van der Waals surface area contributed by atoms with E-state index in [2.05, 4.69) is 38.5 Å². The molecule has 1 amide bonds. The zero-order chi connectivity index (χ0) is 21.8. The number of thiophene rings is 1. The van der Waals surface area contributed by atoms with E-state index < -0.39 is 0 Å². The van der Waals surface area contributed by atoms with Gasteiger partial charge in [0.1, 0.15) is 0 Å². The normalized spacial score (nSPS) is 16.0. The molecule has 3 heterocycles. The summed E-state index contributed by atoms with van der Waals surface area (Å²) >= 11 is 15.1. The standard InChI is InChI=1S/C21H22Cl2N4O2S2/c1-2-16-8-13(11-30-16)20-25-26-21(27(20)10-15-4-3-7-29-15)31-12-19(28)24-18-6-5-14(22)9-17(18)23/h5-6,8-9,11,15H,2-4,7,10,12H2,1H3,(H,24,28)/t15-/m0/s1. The SMILES string of the molecule is CCc1cc(-c2nnc(SCC(=O)Nc3ccc(Cl)cc3Cl)n2C[C@@H]2CCCO2)cs1. The minimum absolute atomic E-state index is 0.139. The Kier molecular flexibility index (Phi) is 7.55. The molecule has 1 N–H and O–H groups in total. The summed E-state index contributed by atoms with van der Waals surface area (Å²) in [6.45, 7) is 3.60. The van der Waals surface area contributed by atoms with Crippen molar-refractivity contribution in [3.05, 3.63) is 44.6 Å². The van der Waals surface area contributed by atoms with Crippen molar-refractivity contribution in [1.29, 1.82) is 0 Å². The first-order chi connectivity index (χ1) is 15.0. The van der Waals surface area contributed by atoms with E-state index >= 15 is 0 Å². The number of amides is 1. The Morgan fingerprint density at radius 3 is 2.94 bits per heavy atom. The van der Waals surface area contributed by atoms with Crippen LogP contribution in [0.15, 0.2) is 34.8 Å². The summed E-state index contributed by atoms with van der Waals surface area (Å²) in [7, 11) is 0. The molecule has 10 heteroatoms. The van der Waals surface area contributed by atoms with Crippen LogP contribution in [0.2, 0.25) is 10.0 Å². The van der Waals surface area contributed by atoms with Gasteiger partial charge in [0, 0.05) is 27.5 Å². The molecule has 31 heavy (non-hydrogen) atoms. The lowest BCUT2D eigenvalue weighted by Gasteiger charge is -2.14. The molecule has 3 aromatic rings. The number of hydrogen-bond acceptors (Lipinski definition) is 6. The van der Waals surface area contributed by atoms with Crippen molar-refractivity contribution in [2.24, 2.45) is 0 Å². The number of aromatic nitrogens is 3. The molecule has 2 aromatic heterocycles. The molecule has 0 radical (unpaired) electrons. The van der Waals surface area contributed by atoms with Gasteiger partial charge in [0.2, 0.25) is 5.91 Å². The molecule has 1 aliphatic rings. The van der Waals surface area contributed by atoms with E-state index in [-0.39, 0.29) is 17.8 Å². The summed E-state index contributed by atoms with van der Waals surface area (Å²) in [6.07, 6.45) is 3.20. The van der Waals surface area contributed by atoms with Crippen molar-refractivity contribution < 1.29 is 9.53 Å². The molecular weight excluding hydrogens is 475 g/mol. The molecule has 1 saturated heterocycles. The van der Waals surface area contributed by atoms with E-state index in [9.17, 15) is 4.79 Å². The minimum atomic E-state index is -0.175. The molecule has 6 nitrogen and oxygen atoms in total. The number of rotatable bonds is 8. The average Bonchev–Trinajstić information content (AvgIpc) is 3.50. The first kappa shape index (κ1) is 22.6. The number of benzene rings is 1. The van der Waals surface area contributed by atoms with E-state index in [0.29, 0.717) is 27.4 Å². The van der Waals surface area contributed by atoms with Crippen LogP contribution in [0.1, 0.15) is 24.6 Å². The molecule has 1 fully saturated rings. The van der Waals surface area contributed by atoms with Gasteiger partial charge in [-0.1, -0.05) is 41.9 Å². The Morgan fingerprint density at radius 2 is 2.23 bits per heavy atom. The summed E-state index contributed by atoms with van der Waals surface area (Å²) < 4.78 is 7.91. The molecule has 0 saturated carbocycles. The highest BCUT2D eigenvalue weighted by Crippen LogP contribution is 2.30. The lowest BCUT2D eigenvalue weighted by molar-refractivity contribution is -0.113. The van der Waals surface area contributed by atoms with Crippen molar-refractivity contribution in [3.8, 4) is 11.4 Å². The summed E-state index contributed by atoms with van der Waals surface area (Å²) in [5.41, 5.74) is 1.58. The second-order valence-electron chi connectivity index (χ2n) is 7.17. The second-order valence-corrected chi connectivity index (χ2v) is 9.95. The number of halogens is 2. The van der Waals surface area contributed by atoms with E-state index in [1.807, 2.05) is 0 Å². The van der Waals surface area contributed by atoms with Gasteiger partial charge in [0.15, 0.2) is 11.0 Å². The van der Waals surface area contributed by atoms with E-state index in [1.54, 1.807) is 29.5 Å². The third-order valence-electron chi connectivity index (χ3n) is 4.93. The smallest absolute Gasteiger partial charge is 0.234 e. The van der Waals surface area contributed by atoms with E-state index in [1.165, 1.54) is 16.6 Å². The number of carbonyl (C=O) groups excluding carboxylic acids is 1. The number of carbonyl (C=O) groups is 1. The zero-order valence-electron chi connectivity index (χ0n) is 16.9. The van der Waals surface area contributed by atoms with Crippen molar-refractivity contribution in [2.45, 2.75) is 44.0 Å². The largest absolute Gasteiger partial charge is 0.376 e. The van der Waals surface area contributed by atoms with Crippen LogP contribution in [0.4, 0.5) is 5.69 Å². The van der Waals surface area contributed by atoms with Gasteiger partial charge in [-0.15, -0.1) is 21.5 Å². The third-order valence-corrected chi connectivity index (χ3v) is 7.52. The Bertz CT molecular complexity index is 1060.